The first-order valence-electron chi connectivity index (χ1n) is 13.9. The van der Waals surface area contributed by atoms with Gasteiger partial charge in [0.15, 0.2) is 5.78 Å². The van der Waals surface area contributed by atoms with Crippen LogP contribution >= 0.6 is 0 Å². The number of aryl methyl sites for hydroxylation is 1. The molecule has 0 radical (unpaired) electrons. The van der Waals surface area contributed by atoms with Crippen molar-refractivity contribution in [1.29, 1.82) is 0 Å². The zero-order valence-corrected chi connectivity index (χ0v) is 22.4. The van der Waals surface area contributed by atoms with Crippen LogP contribution in [0.3, 0.4) is 0 Å². The highest BCUT2D eigenvalue weighted by atomic mass is 16.5. The molecule has 0 unspecified atom stereocenters. The Morgan fingerprint density at radius 1 is 0.846 bits per heavy atom. The predicted octanol–water partition coefficient (Wildman–Crippen LogP) is 6.11. The molecule has 2 heterocycles. The van der Waals surface area contributed by atoms with Gasteiger partial charge in [0, 0.05) is 29.6 Å². The number of rotatable bonds is 9. The van der Waals surface area contributed by atoms with Crippen LogP contribution in [0.15, 0.2) is 72.8 Å². The molecular formula is C33H34N2O4. The number of fused-ring (bicyclic) bond motifs is 4. The number of amides is 1. The number of ether oxygens (including phenoxy) is 2. The number of benzene rings is 3. The minimum atomic E-state index is -0.990. The second kappa shape index (κ2) is 10.8. The molecule has 1 aromatic heterocycles. The molecule has 6 rings (SSSR count). The van der Waals surface area contributed by atoms with Gasteiger partial charge in [0.1, 0.15) is 5.41 Å². The van der Waals surface area contributed by atoms with Gasteiger partial charge in [0.05, 0.1) is 32.1 Å². The van der Waals surface area contributed by atoms with Crippen molar-refractivity contribution < 1.29 is 19.1 Å². The molecule has 1 aliphatic heterocycles. The van der Waals surface area contributed by atoms with Crippen molar-refractivity contribution in [3.8, 4) is 0 Å². The van der Waals surface area contributed by atoms with Gasteiger partial charge >= 0.3 is 0 Å². The molecule has 6 nitrogen and oxygen atoms in total. The normalized spacial score (nSPS) is 16.4. The summed E-state index contributed by atoms with van der Waals surface area (Å²) in [6, 6.07) is 24.2. The number of nitrogens with one attached hydrogen (secondary N) is 1. The van der Waals surface area contributed by atoms with Crippen LogP contribution in [-0.4, -0.2) is 36.4 Å². The maximum atomic E-state index is 14.2. The number of ketones is 1. The van der Waals surface area contributed by atoms with Gasteiger partial charge in [-0.25, -0.2) is 0 Å². The van der Waals surface area contributed by atoms with Gasteiger partial charge in [-0.1, -0.05) is 60.7 Å². The lowest BCUT2D eigenvalue weighted by Gasteiger charge is -2.28. The second-order valence-electron chi connectivity index (χ2n) is 10.6. The number of aromatic nitrogens is 1. The second-order valence-corrected chi connectivity index (χ2v) is 10.6. The van der Waals surface area contributed by atoms with E-state index in [1.54, 1.807) is 0 Å². The van der Waals surface area contributed by atoms with Crippen LogP contribution in [-0.2, 0) is 39.3 Å². The average Bonchev–Trinajstić information content (AvgIpc) is 3.35. The highest BCUT2D eigenvalue weighted by Crippen LogP contribution is 2.46. The Morgan fingerprint density at radius 2 is 1.46 bits per heavy atom. The minimum absolute atomic E-state index is 0.00376. The topological polar surface area (TPSA) is 71.6 Å². The van der Waals surface area contributed by atoms with Crippen LogP contribution < -0.4 is 4.90 Å². The van der Waals surface area contributed by atoms with Crippen LogP contribution in [0, 0.1) is 0 Å². The third-order valence-corrected chi connectivity index (χ3v) is 8.08. The minimum Gasteiger partial charge on any atom is -0.375 e. The summed E-state index contributed by atoms with van der Waals surface area (Å²) >= 11 is 0. The molecule has 6 heteroatoms. The van der Waals surface area contributed by atoms with E-state index in [2.05, 4.69) is 17.1 Å². The lowest BCUT2D eigenvalue weighted by Crippen LogP contribution is -2.47. The average molecular weight is 523 g/mol. The molecule has 39 heavy (non-hydrogen) atoms. The lowest BCUT2D eigenvalue weighted by atomic mass is 9.82. The Hall–Kier alpha value is -3.74. The van der Waals surface area contributed by atoms with E-state index in [1.165, 1.54) is 0 Å². The van der Waals surface area contributed by atoms with E-state index < -0.39 is 5.41 Å². The first kappa shape index (κ1) is 25.5. The molecule has 0 atom stereocenters. The Morgan fingerprint density at radius 3 is 2.08 bits per heavy atom. The van der Waals surface area contributed by atoms with Crippen molar-refractivity contribution in [1.82, 2.24) is 4.98 Å². The van der Waals surface area contributed by atoms with E-state index in [9.17, 15) is 9.59 Å². The number of aromatic amines is 1. The third-order valence-electron chi connectivity index (χ3n) is 8.08. The van der Waals surface area contributed by atoms with Gasteiger partial charge in [-0.15, -0.1) is 0 Å². The van der Waals surface area contributed by atoms with E-state index in [1.807, 2.05) is 72.5 Å². The van der Waals surface area contributed by atoms with Gasteiger partial charge < -0.3 is 19.4 Å². The van der Waals surface area contributed by atoms with Crippen molar-refractivity contribution in [2.75, 3.05) is 24.7 Å². The highest BCUT2D eigenvalue weighted by Gasteiger charge is 2.51. The predicted molar refractivity (Wildman–Crippen MR) is 152 cm³/mol. The van der Waals surface area contributed by atoms with Crippen molar-refractivity contribution in [2.24, 2.45) is 0 Å². The molecular weight excluding hydrogens is 488 g/mol. The van der Waals surface area contributed by atoms with E-state index in [-0.39, 0.29) is 24.9 Å². The first-order chi connectivity index (χ1) is 19.1. The Balaban J connectivity index is 1.40. The number of carbonyl (C=O) groups is 2. The molecule has 2 aliphatic rings. The van der Waals surface area contributed by atoms with Crippen LogP contribution in [0.5, 0.6) is 0 Å². The van der Waals surface area contributed by atoms with E-state index >= 15 is 0 Å². The molecule has 3 aromatic carbocycles. The summed E-state index contributed by atoms with van der Waals surface area (Å²) in [5, 5.41) is 1.04. The van der Waals surface area contributed by atoms with Crippen LogP contribution in [0.1, 0.15) is 58.9 Å². The molecule has 0 bridgehead atoms. The molecule has 0 saturated heterocycles. The van der Waals surface area contributed by atoms with E-state index in [0.29, 0.717) is 26.2 Å². The summed E-state index contributed by atoms with van der Waals surface area (Å²) in [7, 11) is 0. The summed E-state index contributed by atoms with van der Waals surface area (Å²) in [4.78, 5) is 32.3. The number of likely N-dealkylation sites (N-methyl/N-ethyl adjacent to an activating group) is 1. The Labute approximate surface area is 228 Å². The summed E-state index contributed by atoms with van der Waals surface area (Å²) in [6.07, 6.45) is 3.34. The van der Waals surface area contributed by atoms with Gasteiger partial charge in [0.2, 0.25) is 5.91 Å². The lowest BCUT2D eigenvalue weighted by molar-refractivity contribution is -0.129. The van der Waals surface area contributed by atoms with Crippen molar-refractivity contribution in [3.63, 3.8) is 0 Å². The molecule has 0 saturated carbocycles. The summed E-state index contributed by atoms with van der Waals surface area (Å²) < 4.78 is 12.5. The molecule has 1 N–H and O–H groups in total. The number of hydrogen-bond donors (Lipinski definition) is 1. The third kappa shape index (κ3) is 4.68. The summed E-state index contributed by atoms with van der Waals surface area (Å²) in [6.45, 7) is 3.75. The standard InChI is InChI=1S/C33H34N2O4/c1-2-35-29-17-26-25-15-9-10-16-30(36)31(25)34-28(26)18-27(29)33(32(35)37,21-38-19-23-11-5-3-6-12-23)22-39-20-24-13-7-4-8-14-24/h3-8,11-14,17-18,34H,2,9-10,15-16,19-22H2,1H3. The fraction of sp³-hybridized carbons (Fsp3) is 0.333. The number of anilines is 1. The Kier molecular flexibility index (Phi) is 7.07. The number of Topliss-reactive ketones (excluding diaryl/α,β-unsaturated/α-hetero) is 1. The first-order valence-corrected chi connectivity index (χ1v) is 13.9. The fourth-order valence-corrected chi connectivity index (χ4v) is 6.05. The van der Waals surface area contributed by atoms with E-state index in [0.717, 1.165) is 63.8 Å². The summed E-state index contributed by atoms with van der Waals surface area (Å²) in [5.74, 6) is 0.168. The molecule has 4 aromatic rings. The fourth-order valence-electron chi connectivity index (χ4n) is 6.05. The van der Waals surface area contributed by atoms with Gasteiger partial charge in [-0.2, -0.15) is 0 Å². The smallest absolute Gasteiger partial charge is 0.242 e. The largest absolute Gasteiger partial charge is 0.375 e. The monoisotopic (exact) mass is 522 g/mol. The van der Waals surface area contributed by atoms with Crippen molar-refractivity contribution >= 4 is 28.3 Å². The number of nitrogens with zero attached hydrogens (tertiary/aromatic N) is 1. The number of hydrogen-bond acceptors (Lipinski definition) is 4. The van der Waals surface area contributed by atoms with Crippen molar-refractivity contribution in [2.45, 2.75) is 51.2 Å². The number of carbonyl (C=O) groups excluding carboxylic acids is 2. The number of H-pyrrole nitrogens is 1. The molecule has 0 spiro atoms. The van der Waals surface area contributed by atoms with Crippen LogP contribution in [0.2, 0.25) is 0 Å². The van der Waals surface area contributed by atoms with Crippen LogP contribution in [0.25, 0.3) is 10.9 Å². The SMILES string of the molecule is CCN1C(=O)C(COCc2ccccc2)(COCc2ccccc2)c2cc3[nH]c4c(c3cc21)CCCCC4=O. The zero-order chi connectivity index (χ0) is 26.8. The van der Waals surface area contributed by atoms with Crippen molar-refractivity contribution in [3.05, 3.63) is 101 Å². The molecule has 200 valence electrons. The quantitative estimate of drug-likeness (QED) is 0.269. The maximum absolute atomic E-state index is 14.2. The van der Waals surface area contributed by atoms with Gasteiger partial charge in [0.25, 0.3) is 0 Å². The van der Waals surface area contributed by atoms with E-state index in [4.69, 9.17) is 9.47 Å². The molecule has 1 amide bonds. The van der Waals surface area contributed by atoms with Gasteiger partial charge in [-0.3, -0.25) is 9.59 Å². The zero-order valence-electron chi connectivity index (χ0n) is 22.4. The Bertz CT molecular complexity index is 1450. The summed E-state index contributed by atoms with van der Waals surface area (Å²) in [5.41, 5.74) is 5.61. The van der Waals surface area contributed by atoms with Gasteiger partial charge in [-0.05, 0) is 60.6 Å². The van der Waals surface area contributed by atoms with Crippen LogP contribution in [0.4, 0.5) is 5.69 Å². The molecule has 1 aliphatic carbocycles. The highest BCUT2D eigenvalue weighted by molar-refractivity contribution is 6.12. The molecule has 0 fully saturated rings. The maximum Gasteiger partial charge on any atom is 0.242 e.